The van der Waals surface area contributed by atoms with Crippen molar-refractivity contribution in [3.8, 4) is 0 Å². The number of nitrogens with zero attached hydrogens (tertiary/aromatic N) is 1. The molecule has 0 fully saturated rings. The lowest BCUT2D eigenvalue weighted by Crippen LogP contribution is -2.30. The van der Waals surface area contributed by atoms with Gasteiger partial charge in [0, 0.05) is 18.9 Å². The first kappa shape index (κ1) is 16.4. The molecule has 0 atom stereocenters. The van der Waals surface area contributed by atoms with Crippen LogP contribution in [0.3, 0.4) is 0 Å². The highest BCUT2D eigenvalue weighted by molar-refractivity contribution is 7.18. The van der Waals surface area contributed by atoms with Crippen LogP contribution in [0.2, 0.25) is 0 Å². The summed E-state index contributed by atoms with van der Waals surface area (Å²) in [4.78, 5) is 27.7. The molecule has 118 valence electrons. The summed E-state index contributed by atoms with van der Waals surface area (Å²) >= 11 is 1.58. The predicted molar refractivity (Wildman–Crippen MR) is 88.6 cm³/mol. The van der Waals surface area contributed by atoms with E-state index in [4.69, 9.17) is 0 Å². The third-order valence-corrected chi connectivity index (χ3v) is 4.07. The molecule has 0 saturated heterocycles. The summed E-state index contributed by atoms with van der Waals surface area (Å²) in [6, 6.07) is 8.05. The number of thiazole rings is 1. The molecule has 2 amide bonds. The number of hydrogen-bond donors (Lipinski definition) is 2. The largest absolute Gasteiger partial charge is 0.354 e. The van der Waals surface area contributed by atoms with Gasteiger partial charge in [0.25, 0.3) is 0 Å². The fourth-order valence-electron chi connectivity index (χ4n) is 2.06. The van der Waals surface area contributed by atoms with Gasteiger partial charge in [0.2, 0.25) is 11.8 Å². The highest BCUT2D eigenvalue weighted by Crippen LogP contribution is 2.21. The average molecular weight is 319 g/mol. The molecule has 0 aliphatic rings. The molecule has 0 bridgehead atoms. The zero-order valence-corrected chi connectivity index (χ0v) is 13.7. The molecule has 22 heavy (non-hydrogen) atoms. The van der Waals surface area contributed by atoms with Crippen molar-refractivity contribution in [1.29, 1.82) is 0 Å². The molecule has 0 spiro atoms. The van der Waals surface area contributed by atoms with Gasteiger partial charge in [-0.2, -0.15) is 0 Å². The number of para-hydroxylation sites is 1. The molecule has 2 rings (SSSR count). The number of hydrogen-bond acceptors (Lipinski definition) is 4. The van der Waals surface area contributed by atoms with Crippen molar-refractivity contribution in [2.45, 2.75) is 45.7 Å². The highest BCUT2D eigenvalue weighted by Gasteiger charge is 2.08. The molecule has 1 heterocycles. The Labute approximate surface area is 134 Å². The summed E-state index contributed by atoms with van der Waals surface area (Å²) < 4.78 is 1.12. The third-order valence-electron chi connectivity index (χ3n) is 3.03. The van der Waals surface area contributed by atoms with Crippen LogP contribution >= 0.6 is 11.3 Å². The van der Waals surface area contributed by atoms with Gasteiger partial charge in [-0.05, 0) is 32.4 Å². The number of nitrogens with one attached hydrogen (secondary N) is 2. The number of carbonyl (C=O) groups excluding carboxylic acids is 2. The number of aromatic nitrogens is 1. The summed E-state index contributed by atoms with van der Waals surface area (Å²) in [7, 11) is 0. The molecule has 1 aromatic heterocycles. The highest BCUT2D eigenvalue weighted by atomic mass is 32.1. The van der Waals surface area contributed by atoms with Crippen molar-refractivity contribution in [1.82, 2.24) is 15.6 Å². The first-order valence-corrected chi connectivity index (χ1v) is 8.27. The fraction of sp³-hybridized carbons (Fsp3) is 0.438. The maximum Gasteiger partial charge on any atom is 0.220 e. The van der Waals surface area contributed by atoms with E-state index >= 15 is 0 Å². The van der Waals surface area contributed by atoms with Crippen LogP contribution in [-0.2, 0) is 16.1 Å². The molecular weight excluding hydrogens is 298 g/mol. The Kier molecular flexibility index (Phi) is 5.89. The molecule has 0 saturated carbocycles. The summed E-state index contributed by atoms with van der Waals surface area (Å²) in [5.74, 6) is -0.0504. The summed E-state index contributed by atoms with van der Waals surface area (Å²) in [5.41, 5.74) is 0.960. The van der Waals surface area contributed by atoms with Crippen LogP contribution in [0.25, 0.3) is 10.2 Å². The maximum absolute atomic E-state index is 11.8. The number of benzene rings is 1. The Hall–Kier alpha value is -1.95. The average Bonchev–Trinajstić information content (AvgIpc) is 2.87. The predicted octanol–water partition coefficient (Wildman–Crippen LogP) is 2.61. The molecule has 2 N–H and O–H groups in total. The Bertz CT molecular complexity index is 619. The second-order valence-electron chi connectivity index (χ2n) is 5.43. The maximum atomic E-state index is 11.8. The first-order chi connectivity index (χ1) is 10.5. The first-order valence-electron chi connectivity index (χ1n) is 7.45. The molecule has 1 aromatic carbocycles. The smallest absolute Gasteiger partial charge is 0.220 e. The van der Waals surface area contributed by atoms with Crippen molar-refractivity contribution in [2.24, 2.45) is 0 Å². The van der Waals surface area contributed by atoms with Crippen LogP contribution in [0.4, 0.5) is 0 Å². The van der Waals surface area contributed by atoms with Crippen LogP contribution in [0.15, 0.2) is 24.3 Å². The van der Waals surface area contributed by atoms with E-state index in [1.54, 1.807) is 11.3 Å². The summed E-state index contributed by atoms with van der Waals surface area (Å²) in [5, 5.41) is 6.56. The molecular formula is C16H21N3O2S. The van der Waals surface area contributed by atoms with Gasteiger partial charge in [0.1, 0.15) is 5.01 Å². The monoisotopic (exact) mass is 319 g/mol. The van der Waals surface area contributed by atoms with E-state index in [-0.39, 0.29) is 17.9 Å². The van der Waals surface area contributed by atoms with E-state index in [1.807, 2.05) is 38.1 Å². The lowest BCUT2D eigenvalue weighted by atomic mass is 10.2. The van der Waals surface area contributed by atoms with Gasteiger partial charge < -0.3 is 10.6 Å². The van der Waals surface area contributed by atoms with Gasteiger partial charge >= 0.3 is 0 Å². The second kappa shape index (κ2) is 7.89. The number of fused-ring (bicyclic) bond motifs is 1. The normalized spacial score (nSPS) is 10.9. The van der Waals surface area contributed by atoms with Crippen LogP contribution in [-0.4, -0.2) is 22.8 Å². The molecule has 5 nitrogen and oxygen atoms in total. The van der Waals surface area contributed by atoms with Gasteiger partial charge in [-0.25, -0.2) is 4.98 Å². The van der Waals surface area contributed by atoms with Gasteiger partial charge in [-0.1, -0.05) is 12.1 Å². The summed E-state index contributed by atoms with van der Waals surface area (Å²) in [6.07, 6.45) is 1.30. The van der Waals surface area contributed by atoms with Crippen molar-refractivity contribution < 1.29 is 9.59 Å². The van der Waals surface area contributed by atoms with E-state index in [0.29, 0.717) is 25.8 Å². The minimum atomic E-state index is -0.0448. The van der Waals surface area contributed by atoms with Crippen molar-refractivity contribution in [2.75, 3.05) is 0 Å². The van der Waals surface area contributed by atoms with Crippen molar-refractivity contribution >= 4 is 33.4 Å². The second-order valence-corrected chi connectivity index (χ2v) is 6.54. The Balaban J connectivity index is 1.70. The Morgan fingerprint density at radius 3 is 2.64 bits per heavy atom. The molecule has 0 aliphatic heterocycles. The third kappa shape index (κ3) is 5.11. The Morgan fingerprint density at radius 2 is 1.91 bits per heavy atom. The lowest BCUT2D eigenvalue weighted by Gasteiger charge is -2.07. The molecule has 6 heteroatoms. The van der Waals surface area contributed by atoms with Crippen LogP contribution in [0.5, 0.6) is 0 Å². The minimum Gasteiger partial charge on any atom is -0.354 e. The summed E-state index contributed by atoms with van der Waals surface area (Å²) in [6.45, 7) is 4.28. The van der Waals surface area contributed by atoms with E-state index in [0.717, 1.165) is 15.2 Å². The van der Waals surface area contributed by atoms with E-state index < -0.39 is 0 Å². The standard InChI is InChI=1S/C16H21N3O2S/c1-11(2)18-15(21)9-5-8-14(20)17-10-16-19-12-6-3-4-7-13(12)22-16/h3-4,6-7,11H,5,8-10H2,1-2H3,(H,17,20)(H,18,21). The van der Waals surface area contributed by atoms with Gasteiger partial charge in [0.05, 0.1) is 16.8 Å². The van der Waals surface area contributed by atoms with Gasteiger partial charge in [0.15, 0.2) is 0 Å². The minimum absolute atomic E-state index is 0.00558. The Morgan fingerprint density at radius 1 is 1.18 bits per heavy atom. The number of amides is 2. The van der Waals surface area contributed by atoms with Crippen molar-refractivity contribution in [3.63, 3.8) is 0 Å². The zero-order chi connectivity index (χ0) is 15.9. The molecule has 0 aliphatic carbocycles. The quantitative estimate of drug-likeness (QED) is 0.824. The van der Waals surface area contributed by atoms with E-state index in [1.165, 1.54) is 0 Å². The lowest BCUT2D eigenvalue weighted by molar-refractivity contribution is -0.122. The van der Waals surface area contributed by atoms with Crippen LogP contribution in [0, 0.1) is 0 Å². The molecule has 0 radical (unpaired) electrons. The van der Waals surface area contributed by atoms with E-state index in [2.05, 4.69) is 15.6 Å². The SMILES string of the molecule is CC(C)NC(=O)CCCC(=O)NCc1nc2ccccc2s1. The van der Waals surface area contributed by atoms with Crippen molar-refractivity contribution in [3.05, 3.63) is 29.3 Å². The fourth-order valence-corrected chi connectivity index (χ4v) is 2.97. The number of rotatable bonds is 7. The van der Waals surface area contributed by atoms with Gasteiger partial charge in [-0.3, -0.25) is 9.59 Å². The van der Waals surface area contributed by atoms with Crippen LogP contribution < -0.4 is 10.6 Å². The van der Waals surface area contributed by atoms with E-state index in [9.17, 15) is 9.59 Å². The zero-order valence-electron chi connectivity index (χ0n) is 12.9. The van der Waals surface area contributed by atoms with Crippen LogP contribution in [0.1, 0.15) is 38.1 Å². The number of carbonyl (C=O) groups is 2. The molecule has 2 aromatic rings. The topological polar surface area (TPSA) is 71.1 Å². The molecule has 0 unspecified atom stereocenters. The van der Waals surface area contributed by atoms with Gasteiger partial charge in [-0.15, -0.1) is 11.3 Å².